The van der Waals surface area contributed by atoms with Crippen molar-refractivity contribution < 1.29 is 47.6 Å². The zero-order chi connectivity index (χ0) is 48.3. The number of hydrogen-bond acceptors (Lipinski definition) is 12. The Kier molecular flexibility index (Phi) is 15.6. The van der Waals surface area contributed by atoms with Gasteiger partial charge < -0.3 is 53.8 Å². The molecule has 0 unspecified atom stereocenters. The number of nitrogens with one attached hydrogen (secondary N) is 2. The van der Waals surface area contributed by atoms with Crippen molar-refractivity contribution in [3.8, 4) is 23.3 Å². The standard InChI is InChI=1S/C54H57N5O10/c1-57(2)41-16-19-44-48(34-41)68-49-35-42(58(3)4)17-20-45(49)54(44)46-33-39(15-18-43(46)53(63)69-54)52(62)56-24-26-65-28-30-67-32-31-66-29-27-64-25-22-50(60)55-23-21-51(61)59-36-40-11-6-5-9-37(40)13-14-38-10-7-8-12-47(38)59/h5-12,15-20,33-35H,21-32,36H2,1-4H3,(H,55,60)(H,56,62). The molecular weight excluding hydrogens is 879 g/mol. The average Bonchev–Trinajstić information content (AvgIpc) is 3.63. The molecule has 0 bridgehead atoms. The van der Waals surface area contributed by atoms with Crippen molar-refractivity contribution in [3.63, 3.8) is 0 Å². The lowest BCUT2D eigenvalue weighted by Gasteiger charge is -2.37. The number of hydrogen-bond donors (Lipinski definition) is 2. The fourth-order valence-electron chi connectivity index (χ4n) is 8.40. The van der Waals surface area contributed by atoms with E-state index >= 15 is 0 Å². The van der Waals surface area contributed by atoms with Crippen molar-refractivity contribution in [2.24, 2.45) is 0 Å². The Bertz CT molecular complexity index is 2700. The lowest BCUT2D eigenvalue weighted by atomic mass is 9.77. The highest BCUT2D eigenvalue weighted by Gasteiger charge is 2.54. The molecular formula is C54H57N5O10. The maximum absolute atomic E-state index is 13.5. The van der Waals surface area contributed by atoms with Crippen molar-refractivity contribution >= 4 is 40.8 Å². The third-order valence-corrected chi connectivity index (χ3v) is 12.0. The average molecular weight is 936 g/mol. The molecule has 69 heavy (non-hydrogen) atoms. The number of carbonyl (C=O) groups excluding carboxylic acids is 4. The number of amides is 3. The molecule has 3 amide bonds. The maximum Gasteiger partial charge on any atom is 0.340 e. The normalized spacial score (nSPS) is 13.4. The molecule has 358 valence electrons. The van der Waals surface area contributed by atoms with Gasteiger partial charge in [0.15, 0.2) is 5.60 Å². The van der Waals surface area contributed by atoms with Gasteiger partial charge in [-0.2, -0.15) is 0 Å². The van der Waals surface area contributed by atoms with Crippen LogP contribution in [0.1, 0.15) is 66.9 Å². The fraction of sp³-hybridized carbons (Fsp3) is 0.333. The van der Waals surface area contributed by atoms with Gasteiger partial charge in [0.2, 0.25) is 11.8 Å². The second-order valence-electron chi connectivity index (χ2n) is 17.0. The van der Waals surface area contributed by atoms with Gasteiger partial charge in [0.05, 0.1) is 70.7 Å². The third kappa shape index (κ3) is 11.1. The molecule has 8 rings (SSSR count). The van der Waals surface area contributed by atoms with Crippen LogP contribution < -0.4 is 30.1 Å². The minimum absolute atomic E-state index is 0.0980. The number of carbonyl (C=O) groups is 4. The van der Waals surface area contributed by atoms with Crippen LogP contribution in [0.4, 0.5) is 17.1 Å². The highest BCUT2D eigenvalue weighted by atomic mass is 16.6. The third-order valence-electron chi connectivity index (χ3n) is 12.0. The van der Waals surface area contributed by atoms with E-state index in [2.05, 4.69) is 22.5 Å². The molecule has 0 saturated heterocycles. The van der Waals surface area contributed by atoms with Gasteiger partial charge in [-0.15, -0.1) is 0 Å². The van der Waals surface area contributed by atoms with Gasteiger partial charge in [-0.1, -0.05) is 42.2 Å². The van der Waals surface area contributed by atoms with E-state index in [9.17, 15) is 19.2 Å². The Morgan fingerprint density at radius 2 is 1.23 bits per heavy atom. The van der Waals surface area contributed by atoms with E-state index in [-0.39, 0.29) is 56.9 Å². The summed E-state index contributed by atoms with van der Waals surface area (Å²) in [5, 5.41) is 5.74. The molecule has 3 aliphatic rings. The van der Waals surface area contributed by atoms with Crippen LogP contribution in [-0.4, -0.2) is 118 Å². The van der Waals surface area contributed by atoms with Crippen LogP contribution in [-0.2, 0) is 45.4 Å². The summed E-state index contributed by atoms with van der Waals surface area (Å²) in [5.41, 5.74) is 6.62. The van der Waals surface area contributed by atoms with Crippen molar-refractivity contribution in [1.82, 2.24) is 10.6 Å². The lowest BCUT2D eigenvalue weighted by molar-refractivity contribution is -0.122. The first-order chi connectivity index (χ1) is 33.5. The number of ether oxygens (including phenoxy) is 6. The van der Waals surface area contributed by atoms with Gasteiger partial charge in [-0.05, 0) is 66.2 Å². The zero-order valence-corrected chi connectivity index (χ0v) is 39.4. The Hall–Kier alpha value is -7.22. The van der Waals surface area contributed by atoms with Crippen molar-refractivity contribution in [2.45, 2.75) is 25.0 Å². The van der Waals surface area contributed by atoms with Crippen LogP contribution in [0, 0.1) is 11.8 Å². The van der Waals surface area contributed by atoms with Crippen LogP contribution in [0.15, 0.2) is 103 Å². The number of rotatable bonds is 21. The monoisotopic (exact) mass is 935 g/mol. The summed E-state index contributed by atoms with van der Waals surface area (Å²) in [4.78, 5) is 58.4. The minimum Gasteiger partial charge on any atom is -0.456 e. The van der Waals surface area contributed by atoms with E-state index in [1.165, 1.54) is 0 Å². The highest BCUT2D eigenvalue weighted by Crippen LogP contribution is 2.57. The van der Waals surface area contributed by atoms with Crippen molar-refractivity contribution in [1.29, 1.82) is 0 Å². The van der Waals surface area contributed by atoms with Crippen LogP contribution >= 0.6 is 0 Å². The van der Waals surface area contributed by atoms with Gasteiger partial charge in [-0.25, -0.2) is 4.79 Å². The SMILES string of the molecule is CN(C)c1ccc2c(c1)Oc1cc(N(C)C)ccc1C21OC(=O)c2ccc(C(=O)NCCOCCOCCOCCOCCC(=O)NCCC(=O)N3Cc4ccccc4C#Cc4ccccc43)cc21. The van der Waals surface area contributed by atoms with Gasteiger partial charge in [0.25, 0.3) is 5.91 Å². The Balaban J connectivity index is 0.692. The molecule has 0 fully saturated rings. The summed E-state index contributed by atoms with van der Waals surface area (Å²) < 4.78 is 35.2. The molecule has 0 aliphatic carbocycles. The molecule has 15 nitrogen and oxygen atoms in total. The summed E-state index contributed by atoms with van der Waals surface area (Å²) in [5.74, 6) is 6.46. The predicted octanol–water partition coefficient (Wildman–Crippen LogP) is 6.03. The second kappa shape index (κ2) is 22.3. The van der Waals surface area contributed by atoms with Crippen LogP contribution in [0.2, 0.25) is 0 Å². The molecule has 5 aromatic rings. The maximum atomic E-state index is 13.5. The first-order valence-corrected chi connectivity index (χ1v) is 23.1. The van der Waals surface area contributed by atoms with Crippen LogP contribution in [0.5, 0.6) is 11.5 Å². The lowest BCUT2D eigenvalue weighted by Crippen LogP contribution is -2.35. The number of benzene rings is 5. The summed E-state index contributed by atoms with van der Waals surface area (Å²) in [6, 6.07) is 32.0. The minimum atomic E-state index is -1.32. The molecule has 0 radical (unpaired) electrons. The molecule has 0 aromatic heterocycles. The highest BCUT2D eigenvalue weighted by molar-refractivity contribution is 6.01. The molecule has 3 aliphatic heterocycles. The summed E-state index contributed by atoms with van der Waals surface area (Å²) in [6.45, 7) is 3.47. The summed E-state index contributed by atoms with van der Waals surface area (Å²) in [6.07, 6.45) is 0.317. The first-order valence-electron chi connectivity index (χ1n) is 23.1. The van der Waals surface area contributed by atoms with E-state index < -0.39 is 11.6 Å². The van der Waals surface area contributed by atoms with Crippen molar-refractivity contribution in [3.05, 3.63) is 148 Å². The Morgan fingerprint density at radius 3 is 1.90 bits per heavy atom. The van der Waals surface area contributed by atoms with Gasteiger partial charge in [0.1, 0.15) is 11.5 Å². The molecule has 0 atom stereocenters. The van der Waals surface area contributed by atoms with E-state index in [1.807, 2.05) is 123 Å². The van der Waals surface area contributed by atoms with Gasteiger partial charge >= 0.3 is 5.97 Å². The quantitative estimate of drug-likeness (QED) is 0.0502. The van der Waals surface area contributed by atoms with Crippen LogP contribution in [0.25, 0.3) is 0 Å². The molecule has 1 spiro atoms. The van der Waals surface area contributed by atoms with E-state index in [4.69, 9.17) is 28.4 Å². The largest absolute Gasteiger partial charge is 0.456 e. The topological polar surface area (TPSA) is 157 Å². The predicted molar refractivity (Wildman–Crippen MR) is 261 cm³/mol. The summed E-state index contributed by atoms with van der Waals surface area (Å²) >= 11 is 0. The van der Waals surface area contributed by atoms with Gasteiger partial charge in [-0.3, -0.25) is 14.4 Å². The number of para-hydroxylation sites is 1. The van der Waals surface area contributed by atoms with Crippen LogP contribution in [0.3, 0.4) is 0 Å². The number of fused-ring (bicyclic) bond motifs is 8. The number of nitrogens with zero attached hydrogens (tertiary/aromatic N) is 3. The van der Waals surface area contributed by atoms with E-state index in [0.29, 0.717) is 85.5 Å². The van der Waals surface area contributed by atoms with E-state index in [1.54, 1.807) is 23.1 Å². The number of esters is 1. The van der Waals surface area contributed by atoms with E-state index in [0.717, 1.165) is 33.8 Å². The Morgan fingerprint density at radius 1 is 0.638 bits per heavy atom. The fourth-order valence-corrected chi connectivity index (χ4v) is 8.40. The smallest absolute Gasteiger partial charge is 0.340 e. The Labute approximate surface area is 402 Å². The van der Waals surface area contributed by atoms with Gasteiger partial charge in [0, 0.05) is 111 Å². The molecule has 0 saturated carbocycles. The first kappa shape index (κ1) is 48.2. The summed E-state index contributed by atoms with van der Waals surface area (Å²) in [7, 11) is 7.78. The van der Waals surface area contributed by atoms with Crippen molar-refractivity contribution in [2.75, 3.05) is 109 Å². The molecule has 5 aromatic carbocycles. The zero-order valence-electron chi connectivity index (χ0n) is 39.4. The molecule has 2 N–H and O–H groups in total. The number of anilines is 3. The molecule has 15 heteroatoms. The second-order valence-corrected chi connectivity index (χ2v) is 17.0. The molecule has 3 heterocycles.